The molecule has 0 spiro atoms. The summed E-state index contributed by atoms with van der Waals surface area (Å²) in [6.07, 6.45) is 6.05. The maximum Gasteiger partial charge on any atom is 0.240 e. The zero-order chi connectivity index (χ0) is 17.8. The number of aryl methyl sites for hydroxylation is 1. The lowest BCUT2D eigenvalue weighted by molar-refractivity contribution is 0.257. The second kappa shape index (κ2) is 7.95. The SMILES string of the molecule is Cc1ccc(S(=O)(=O)NCCN(C2CCCCC2)S(C)(=O)=O)cc1. The molecule has 6 nitrogen and oxygen atoms in total. The Balaban J connectivity index is 2.00. The fourth-order valence-electron chi connectivity index (χ4n) is 3.08. The van der Waals surface area contributed by atoms with E-state index in [4.69, 9.17) is 0 Å². The minimum Gasteiger partial charge on any atom is -0.212 e. The molecule has 24 heavy (non-hydrogen) atoms. The molecule has 0 saturated heterocycles. The van der Waals surface area contributed by atoms with Crippen molar-refractivity contribution < 1.29 is 16.8 Å². The van der Waals surface area contributed by atoms with Crippen LogP contribution in [0, 0.1) is 6.92 Å². The van der Waals surface area contributed by atoms with E-state index >= 15 is 0 Å². The summed E-state index contributed by atoms with van der Waals surface area (Å²) in [6, 6.07) is 6.55. The number of rotatable bonds is 7. The average molecular weight is 375 g/mol. The van der Waals surface area contributed by atoms with Crippen molar-refractivity contribution in [1.82, 2.24) is 9.03 Å². The van der Waals surface area contributed by atoms with Crippen LogP contribution in [0.2, 0.25) is 0 Å². The second-order valence-corrected chi connectivity index (χ2v) is 10.1. The predicted molar refractivity (Wildman–Crippen MR) is 94.8 cm³/mol. The Labute approximate surface area is 145 Å². The summed E-state index contributed by atoms with van der Waals surface area (Å²) in [5.41, 5.74) is 0.981. The zero-order valence-corrected chi connectivity index (χ0v) is 15.9. The molecule has 0 heterocycles. The Morgan fingerprint density at radius 3 is 2.17 bits per heavy atom. The third-order valence-corrected chi connectivity index (χ3v) is 7.17. The standard InChI is InChI=1S/C16H26N2O4S2/c1-14-8-10-16(11-9-14)24(21,22)17-12-13-18(23(2,19)20)15-6-4-3-5-7-15/h8-11,15,17H,3-7,12-13H2,1-2H3. The van der Waals surface area contributed by atoms with E-state index in [2.05, 4.69) is 4.72 Å². The molecule has 0 aromatic heterocycles. The molecule has 1 saturated carbocycles. The summed E-state index contributed by atoms with van der Waals surface area (Å²) in [5, 5.41) is 0. The molecule has 0 amide bonds. The first kappa shape index (κ1) is 19.4. The van der Waals surface area contributed by atoms with Crippen molar-refractivity contribution in [2.45, 2.75) is 50.0 Å². The van der Waals surface area contributed by atoms with Crippen molar-refractivity contribution in [2.75, 3.05) is 19.3 Å². The Morgan fingerprint density at radius 1 is 1.04 bits per heavy atom. The second-order valence-electron chi connectivity index (χ2n) is 6.38. The van der Waals surface area contributed by atoms with E-state index in [0.717, 1.165) is 37.7 Å². The molecule has 1 aliphatic carbocycles. The minimum atomic E-state index is -3.62. The number of hydrogen-bond donors (Lipinski definition) is 1. The Kier molecular flexibility index (Phi) is 6.41. The summed E-state index contributed by atoms with van der Waals surface area (Å²) < 4.78 is 52.6. The van der Waals surface area contributed by atoms with Crippen molar-refractivity contribution >= 4 is 20.0 Å². The number of nitrogens with one attached hydrogen (secondary N) is 1. The molecule has 1 fully saturated rings. The topological polar surface area (TPSA) is 83.6 Å². The molecule has 136 valence electrons. The molecular weight excluding hydrogens is 348 g/mol. The van der Waals surface area contributed by atoms with Gasteiger partial charge >= 0.3 is 0 Å². The molecule has 1 N–H and O–H groups in total. The number of hydrogen-bond acceptors (Lipinski definition) is 4. The van der Waals surface area contributed by atoms with E-state index in [0.29, 0.717) is 0 Å². The van der Waals surface area contributed by atoms with Gasteiger partial charge in [-0.15, -0.1) is 0 Å². The first-order valence-corrected chi connectivity index (χ1v) is 11.6. The van der Waals surface area contributed by atoms with Crippen molar-refractivity contribution in [1.29, 1.82) is 0 Å². The molecule has 0 unspecified atom stereocenters. The van der Waals surface area contributed by atoms with Crippen LogP contribution in [0.3, 0.4) is 0 Å². The van der Waals surface area contributed by atoms with Gasteiger partial charge in [0.2, 0.25) is 20.0 Å². The largest absolute Gasteiger partial charge is 0.240 e. The number of nitrogens with zero attached hydrogens (tertiary/aromatic N) is 1. The normalized spacial score (nSPS) is 17.3. The molecule has 1 aliphatic rings. The van der Waals surface area contributed by atoms with Gasteiger partial charge in [0.25, 0.3) is 0 Å². The van der Waals surface area contributed by atoms with Gasteiger partial charge in [-0.2, -0.15) is 4.31 Å². The highest BCUT2D eigenvalue weighted by atomic mass is 32.2. The Morgan fingerprint density at radius 2 is 1.62 bits per heavy atom. The van der Waals surface area contributed by atoms with Crippen LogP contribution < -0.4 is 4.72 Å². The van der Waals surface area contributed by atoms with Crippen LogP contribution in [-0.2, 0) is 20.0 Å². The molecule has 0 atom stereocenters. The van der Waals surface area contributed by atoms with Crippen LogP contribution in [0.1, 0.15) is 37.7 Å². The molecule has 8 heteroatoms. The highest BCUT2D eigenvalue weighted by Gasteiger charge is 2.28. The van der Waals surface area contributed by atoms with Crippen molar-refractivity contribution in [3.63, 3.8) is 0 Å². The molecule has 0 bridgehead atoms. The molecular formula is C16H26N2O4S2. The van der Waals surface area contributed by atoms with Crippen molar-refractivity contribution in [3.05, 3.63) is 29.8 Å². The zero-order valence-electron chi connectivity index (χ0n) is 14.2. The first-order chi connectivity index (χ1) is 11.2. The maximum absolute atomic E-state index is 12.3. The van der Waals surface area contributed by atoms with E-state index in [1.165, 1.54) is 10.6 Å². The summed E-state index contributed by atoms with van der Waals surface area (Å²) in [6.45, 7) is 2.12. The molecule has 1 aromatic carbocycles. The van der Waals surface area contributed by atoms with Gasteiger partial charge < -0.3 is 0 Å². The maximum atomic E-state index is 12.3. The van der Waals surface area contributed by atoms with E-state index in [1.54, 1.807) is 24.3 Å². The molecule has 2 rings (SSSR count). The molecule has 0 radical (unpaired) electrons. The summed E-state index contributed by atoms with van der Waals surface area (Å²) in [4.78, 5) is 0.191. The quantitative estimate of drug-likeness (QED) is 0.790. The van der Waals surface area contributed by atoms with E-state index < -0.39 is 20.0 Å². The van der Waals surface area contributed by atoms with Crippen LogP contribution in [0.5, 0.6) is 0 Å². The van der Waals surface area contributed by atoms with Crippen LogP contribution in [0.4, 0.5) is 0 Å². The fourth-order valence-corrected chi connectivity index (χ4v) is 5.28. The Hall–Kier alpha value is -0.960. The van der Waals surface area contributed by atoms with Gasteiger partial charge in [0.05, 0.1) is 11.2 Å². The Bertz CT molecular complexity index is 737. The van der Waals surface area contributed by atoms with E-state index in [-0.39, 0.29) is 24.0 Å². The lowest BCUT2D eigenvalue weighted by atomic mass is 9.95. The van der Waals surface area contributed by atoms with Crippen molar-refractivity contribution in [3.8, 4) is 0 Å². The molecule has 0 aliphatic heterocycles. The van der Waals surface area contributed by atoms with Gasteiger partial charge in [-0.3, -0.25) is 0 Å². The van der Waals surface area contributed by atoms with Gasteiger partial charge in [-0.05, 0) is 31.9 Å². The monoisotopic (exact) mass is 374 g/mol. The third-order valence-electron chi connectivity index (χ3n) is 4.36. The number of sulfonamides is 2. The van der Waals surface area contributed by atoms with Gasteiger partial charge in [0.1, 0.15) is 0 Å². The van der Waals surface area contributed by atoms with Gasteiger partial charge in [-0.1, -0.05) is 37.0 Å². The minimum absolute atomic E-state index is 0.0161. The number of benzene rings is 1. The van der Waals surface area contributed by atoms with Gasteiger partial charge in [0, 0.05) is 19.1 Å². The van der Waals surface area contributed by atoms with Crippen LogP contribution in [-0.4, -0.2) is 46.5 Å². The van der Waals surface area contributed by atoms with Gasteiger partial charge in [-0.25, -0.2) is 21.6 Å². The highest BCUT2D eigenvalue weighted by Crippen LogP contribution is 2.24. The smallest absolute Gasteiger partial charge is 0.212 e. The van der Waals surface area contributed by atoms with E-state index in [9.17, 15) is 16.8 Å². The van der Waals surface area contributed by atoms with Crippen LogP contribution in [0.15, 0.2) is 29.2 Å². The van der Waals surface area contributed by atoms with Crippen LogP contribution in [0.25, 0.3) is 0 Å². The van der Waals surface area contributed by atoms with E-state index in [1.807, 2.05) is 6.92 Å². The summed E-state index contributed by atoms with van der Waals surface area (Å²) >= 11 is 0. The predicted octanol–water partition coefficient (Wildman–Crippen LogP) is 1.87. The lowest BCUT2D eigenvalue weighted by Gasteiger charge is -2.32. The van der Waals surface area contributed by atoms with Gasteiger partial charge in [0.15, 0.2) is 0 Å². The van der Waals surface area contributed by atoms with Crippen molar-refractivity contribution in [2.24, 2.45) is 0 Å². The summed E-state index contributed by atoms with van der Waals surface area (Å²) in [5.74, 6) is 0. The van der Waals surface area contributed by atoms with Crippen LogP contribution >= 0.6 is 0 Å². The average Bonchev–Trinajstić information content (AvgIpc) is 2.51. The lowest BCUT2D eigenvalue weighted by Crippen LogP contribution is -2.44. The third kappa shape index (κ3) is 5.27. The molecule has 1 aromatic rings. The summed E-state index contributed by atoms with van der Waals surface area (Å²) in [7, 11) is -6.97. The highest BCUT2D eigenvalue weighted by molar-refractivity contribution is 7.89. The first-order valence-electron chi connectivity index (χ1n) is 8.23. The fraction of sp³-hybridized carbons (Fsp3) is 0.625.